The van der Waals surface area contributed by atoms with E-state index < -0.39 is 0 Å². The number of nitrogens with one attached hydrogen (secondary N) is 1. The second-order valence-corrected chi connectivity index (χ2v) is 5.99. The molecular weight excluding hydrogens is 314 g/mol. The molecule has 1 aliphatic rings. The highest BCUT2D eigenvalue weighted by Crippen LogP contribution is 2.20. The number of rotatable bonds is 5. The molecule has 0 spiro atoms. The van der Waals surface area contributed by atoms with Gasteiger partial charge in [0, 0.05) is 32.6 Å². The van der Waals surface area contributed by atoms with Crippen LogP contribution in [-0.2, 0) is 6.42 Å². The van der Waals surface area contributed by atoms with Gasteiger partial charge in [0.15, 0.2) is 0 Å². The molecule has 0 aliphatic carbocycles. The average Bonchev–Trinajstić information content (AvgIpc) is 2.69. The van der Waals surface area contributed by atoms with Crippen molar-refractivity contribution >= 4 is 11.5 Å². The number of piperazine rings is 1. The Balaban J connectivity index is 1.83. The monoisotopic (exact) mass is 339 g/mol. The van der Waals surface area contributed by atoms with Crippen LogP contribution < -0.4 is 14.8 Å². The minimum atomic E-state index is 0.802. The summed E-state index contributed by atoms with van der Waals surface area (Å²) in [5.74, 6) is 2.81. The van der Waals surface area contributed by atoms with Crippen LogP contribution in [0.3, 0.4) is 0 Å². The fourth-order valence-electron chi connectivity index (χ4n) is 2.88. The Kier molecular flexibility index (Phi) is 5.90. The minimum Gasteiger partial charge on any atom is -0.497 e. The standard InChI is InChI=1S/C20H25N3O2/c1-24-18-7-3-16(4-8-18)15-20(23-13-11-21-12-14-23)22-17-5-9-19(25-2)10-6-17/h3-10,21H,11-15H2,1-2H3. The summed E-state index contributed by atoms with van der Waals surface area (Å²) in [6.45, 7) is 3.94. The Hall–Kier alpha value is -2.53. The van der Waals surface area contributed by atoms with Crippen molar-refractivity contribution in [2.75, 3.05) is 40.4 Å². The van der Waals surface area contributed by atoms with Gasteiger partial charge in [0.25, 0.3) is 0 Å². The molecular formula is C20H25N3O2. The number of amidine groups is 1. The number of methoxy groups -OCH3 is 2. The second kappa shape index (κ2) is 8.53. The Labute approximate surface area is 149 Å². The van der Waals surface area contributed by atoms with Crippen molar-refractivity contribution in [1.82, 2.24) is 10.2 Å². The zero-order chi connectivity index (χ0) is 17.5. The smallest absolute Gasteiger partial charge is 0.119 e. The third-order valence-corrected chi connectivity index (χ3v) is 4.33. The highest BCUT2D eigenvalue weighted by Gasteiger charge is 2.15. The summed E-state index contributed by atoms with van der Waals surface area (Å²) < 4.78 is 10.5. The first-order valence-corrected chi connectivity index (χ1v) is 8.58. The average molecular weight is 339 g/mol. The maximum atomic E-state index is 5.25. The molecule has 1 aliphatic heterocycles. The van der Waals surface area contributed by atoms with E-state index in [2.05, 4.69) is 22.3 Å². The first-order valence-electron chi connectivity index (χ1n) is 8.58. The predicted molar refractivity (Wildman–Crippen MR) is 101 cm³/mol. The molecule has 0 unspecified atom stereocenters. The molecule has 0 atom stereocenters. The number of ether oxygens (including phenoxy) is 2. The summed E-state index contributed by atoms with van der Waals surface area (Å²) in [6.07, 6.45) is 0.802. The van der Waals surface area contributed by atoms with Gasteiger partial charge in [-0.1, -0.05) is 12.1 Å². The first-order chi connectivity index (χ1) is 12.3. The summed E-state index contributed by atoms with van der Waals surface area (Å²) in [5, 5.41) is 3.40. The molecule has 5 heteroatoms. The quantitative estimate of drug-likeness (QED) is 0.672. The van der Waals surface area contributed by atoms with Gasteiger partial charge in [0.2, 0.25) is 0 Å². The lowest BCUT2D eigenvalue weighted by atomic mass is 10.1. The Morgan fingerprint density at radius 1 is 0.920 bits per heavy atom. The molecule has 0 saturated carbocycles. The fourth-order valence-corrected chi connectivity index (χ4v) is 2.88. The molecule has 132 valence electrons. The molecule has 1 heterocycles. The zero-order valence-corrected chi connectivity index (χ0v) is 14.9. The van der Waals surface area contributed by atoms with Gasteiger partial charge < -0.3 is 19.7 Å². The summed E-state index contributed by atoms with van der Waals surface area (Å²) in [5.41, 5.74) is 2.18. The largest absolute Gasteiger partial charge is 0.497 e. The molecule has 3 rings (SSSR count). The number of nitrogens with zero attached hydrogens (tertiary/aromatic N) is 2. The van der Waals surface area contributed by atoms with Gasteiger partial charge in [-0.15, -0.1) is 0 Å². The molecule has 0 aromatic heterocycles. The Morgan fingerprint density at radius 2 is 1.48 bits per heavy atom. The maximum absolute atomic E-state index is 5.25. The van der Waals surface area contributed by atoms with Crippen molar-refractivity contribution in [2.24, 2.45) is 4.99 Å². The topological polar surface area (TPSA) is 46.1 Å². The normalized spacial score (nSPS) is 15.1. The van der Waals surface area contributed by atoms with E-state index >= 15 is 0 Å². The number of hydrogen-bond donors (Lipinski definition) is 1. The van der Waals surface area contributed by atoms with E-state index in [1.807, 2.05) is 36.4 Å². The van der Waals surface area contributed by atoms with Crippen molar-refractivity contribution < 1.29 is 9.47 Å². The van der Waals surface area contributed by atoms with Crippen LogP contribution in [0.15, 0.2) is 53.5 Å². The molecule has 1 saturated heterocycles. The van der Waals surface area contributed by atoms with E-state index in [9.17, 15) is 0 Å². The minimum absolute atomic E-state index is 0.802. The predicted octanol–water partition coefficient (Wildman–Crippen LogP) is 2.88. The third kappa shape index (κ3) is 4.73. The first kappa shape index (κ1) is 17.3. The summed E-state index contributed by atoms with van der Waals surface area (Å²) in [7, 11) is 3.36. The van der Waals surface area contributed by atoms with E-state index in [0.717, 1.165) is 55.6 Å². The number of aliphatic imine (C=N–C) groups is 1. The highest BCUT2D eigenvalue weighted by atomic mass is 16.5. The van der Waals surface area contributed by atoms with E-state index in [-0.39, 0.29) is 0 Å². The molecule has 0 bridgehead atoms. The van der Waals surface area contributed by atoms with Gasteiger partial charge >= 0.3 is 0 Å². The van der Waals surface area contributed by atoms with Gasteiger partial charge in [-0.05, 0) is 42.0 Å². The molecule has 5 nitrogen and oxygen atoms in total. The van der Waals surface area contributed by atoms with E-state index in [1.54, 1.807) is 14.2 Å². The van der Waals surface area contributed by atoms with Crippen LogP contribution in [0.4, 0.5) is 5.69 Å². The van der Waals surface area contributed by atoms with Crippen LogP contribution in [0, 0.1) is 0 Å². The summed E-state index contributed by atoms with van der Waals surface area (Å²) in [6, 6.07) is 16.1. The van der Waals surface area contributed by atoms with Crippen molar-refractivity contribution in [3.05, 3.63) is 54.1 Å². The molecule has 1 N–H and O–H groups in total. The number of hydrogen-bond acceptors (Lipinski definition) is 4. The van der Waals surface area contributed by atoms with E-state index in [1.165, 1.54) is 5.56 Å². The van der Waals surface area contributed by atoms with Crippen molar-refractivity contribution in [2.45, 2.75) is 6.42 Å². The lowest BCUT2D eigenvalue weighted by Gasteiger charge is -2.30. The molecule has 1 fully saturated rings. The second-order valence-electron chi connectivity index (χ2n) is 5.99. The Morgan fingerprint density at radius 3 is 2.04 bits per heavy atom. The molecule has 2 aromatic carbocycles. The number of benzene rings is 2. The maximum Gasteiger partial charge on any atom is 0.119 e. The molecule has 0 amide bonds. The van der Waals surface area contributed by atoms with Crippen LogP contribution in [0.2, 0.25) is 0 Å². The lowest BCUT2D eigenvalue weighted by molar-refractivity contribution is 0.353. The van der Waals surface area contributed by atoms with Crippen molar-refractivity contribution in [1.29, 1.82) is 0 Å². The highest BCUT2D eigenvalue weighted by molar-refractivity contribution is 5.87. The van der Waals surface area contributed by atoms with Crippen molar-refractivity contribution in [3.8, 4) is 11.5 Å². The molecule has 0 radical (unpaired) electrons. The van der Waals surface area contributed by atoms with Crippen LogP contribution >= 0.6 is 0 Å². The van der Waals surface area contributed by atoms with Crippen LogP contribution in [0.1, 0.15) is 5.56 Å². The van der Waals surface area contributed by atoms with Crippen LogP contribution in [0.25, 0.3) is 0 Å². The van der Waals surface area contributed by atoms with E-state index in [4.69, 9.17) is 14.5 Å². The van der Waals surface area contributed by atoms with Gasteiger partial charge in [0.05, 0.1) is 19.9 Å². The summed E-state index contributed by atoms with van der Waals surface area (Å²) in [4.78, 5) is 7.29. The zero-order valence-electron chi connectivity index (χ0n) is 14.9. The SMILES string of the molecule is COc1ccc(CC(=Nc2ccc(OC)cc2)N2CCNCC2)cc1. The van der Waals surface area contributed by atoms with Gasteiger partial charge in [-0.2, -0.15) is 0 Å². The molecule has 25 heavy (non-hydrogen) atoms. The third-order valence-electron chi connectivity index (χ3n) is 4.33. The van der Waals surface area contributed by atoms with E-state index in [0.29, 0.717) is 0 Å². The van der Waals surface area contributed by atoms with Crippen LogP contribution in [-0.4, -0.2) is 51.1 Å². The summed E-state index contributed by atoms with van der Waals surface area (Å²) >= 11 is 0. The Bertz CT molecular complexity index is 690. The van der Waals surface area contributed by atoms with Crippen LogP contribution in [0.5, 0.6) is 11.5 Å². The van der Waals surface area contributed by atoms with Crippen molar-refractivity contribution in [3.63, 3.8) is 0 Å². The van der Waals surface area contributed by atoms with Gasteiger partial charge in [-0.3, -0.25) is 0 Å². The molecule has 2 aromatic rings. The van der Waals surface area contributed by atoms with Gasteiger partial charge in [-0.25, -0.2) is 4.99 Å². The lowest BCUT2D eigenvalue weighted by Crippen LogP contribution is -2.47. The fraction of sp³-hybridized carbons (Fsp3) is 0.350. The van der Waals surface area contributed by atoms with Gasteiger partial charge in [0.1, 0.15) is 17.3 Å².